The van der Waals surface area contributed by atoms with Crippen LogP contribution in [0.2, 0.25) is 0 Å². The molecular weight excluding hydrogens is 304 g/mol. The van der Waals surface area contributed by atoms with Gasteiger partial charge in [-0.15, -0.1) is 0 Å². The van der Waals surface area contributed by atoms with Gasteiger partial charge in [-0.25, -0.2) is 4.98 Å². The van der Waals surface area contributed by atoms with Gasteiger partial charge in [0.05, 0.1) is 12.6 Å². The van der Waals surface area contributed by atoms with E-state index in [1.807, 2.05) is 37.4 Å². The Bertz CT molecular complexity index is 862. The third-order valence-electron chi connectivity index (χ3n) is 4.12. The van der Waals surface area contributed by atoms with E-state index in [4.69, 9.17) is 0 Å². The summed E-state index contributed by atoms with van der Waals surface area (Å²) in [6.45, 7) is 0. The van der Waals surface area contributed by atoms with Crippen LogP contribution in [0.1, 0.15) is 30.4 Å². The molecule has 0 radical (unpaired) electrons. The summed E-state index contributed by atoms with van der Waals surface area (Å²) < 4.78 is 1.69. The van der Waals surface area contributed by atoms with Gasteiger partial charge < -0.3 is 5.32 Å². The van der Waals surface area contributed by atoms with E-state index in [2.05, 4.69) is 25.6 Å². The molecule has 3 aromatic rings. The van der Waals surface area contributed by atoms with Crippen LogP contribution in [0.3, 0.4) is 0 Å². The quantitative estimate of drug-likeness (QED) is 0.754. The number of anilines is 1. The van der Waals surface area contributed by atoms with E-state index < -0.39 is 0 Å². The number of aromatic amines is 1. The number of aryl methyl sites for hydroxylation is 1. The monoisotopic (exact) mass is 322 g/mol. The van der Waals surface area contributed by atoms with Gasteiger partial charge in [0.15, 0.2) is 5.82 Å². The lowest BCUT2D eigenvalue weighted by Crippen LogP contribution is -2.17. The molecule has 2 aromatic heterocycles. The highest BCUT2D eigenvalue weighted by Gasteiger charge is 2.28. The molecule has 122 valence electrons. The summed E-state index contributed by atoms with van der Waals surface area (Å²) in [4.78, 5) is 16.9. The van der Waals surface area contributed by atoms with Crippen molar-refractivity contribution in [3.63, 3.8) is 0 Å². The van der Waals surface area contributed by atoms with Crippen molar-refractivity contribution < 1.29 is 4.79 Å². The largest absolute Gasteiger partial charge is 0.310 e. The highest BCUT2D eigenvalue weighted by atomic mass is 16.1. The Morgan fingerprint density at radius 1 is 1.33 bits per heavy atom. The lowest BCUT2D eigenvalue weighted by Gasteiger charge is -2.05. The van der Waals surface area contributed by atoms with Crippen molar-refractivity contribution in [3.05, 3.63) is 48.2 Å². The van der Waals surface area contributed by atoms with Crippen LogP contribution >= 0.6 is 0 Å². The molecule has 0 atom stereocenters. The van der Waals surface area contributed by atoms with Gasteiger partial charge in [0.2, 0.25) is 5.91 Å². The first-order chi connectivity index (χ1) is 11.7. The molecule has 0 bridgehead atoms. The van der Waals surface area contributed by atoms with Crippen LogP contribution in [-0.2, 0) is 18.3 Å². The van der Waals surface area contributed by atoms with Crippen LogP contribution in [0.15, 0.2) is 36.5 Å². The summed E-state index contributed by atoms with van der Waals surface area (Å²) in [6, 6.07) is 9.81. The van der Waals surface area contributed by atoms with Crippen LogP contribution in [-0.4, -0.2) is 30.9 Å². The minimum atomic E-state index is -0.144. The molecule has 1 aliphatic carbocycles. The van der Waals surface area contributed by atoms with Gasteiger partial charge in [-0.3, -0.25) is 14.6 Å². The maximum Gasteiger partial charge on any atom is 0.233 e. The Kier molecular flexibility index (Phi) is 3.60. The topological polar surface area (TPSA) is 88.5 Å². The molecule has 24 heavy (non-hydrogen) atoms. The number of nitrogens with zero attached hydrogens (tertiary/aromatic N) is 4. The number of carbonyl (C=O) groups is 1. The Labute approximate surface area is 139 Å². The molecule has 2 heterocycles. The highest BCUT2D eigenvalue weighted by Crippen LogP contribution is 2.38. The van der Waals surface area contributed by atoms with E-state index in [1.54, 1.807) is 10.9 Å². The highest BCUT2D eigenvalue weighted by molar-refractivity contribution is 5.94. The predicted molar refractivity (Wildman–Crippen MR) is 89.3 cm³/mol. The SMILES string of the molecule is Cn1nc(C2CC2)nc1CC(=O)Nc1[nH]ncc1-c1ccccc1. The van der Waals surface area contributed by atoms with Crippen molar-refractivity contribution in [1.29, 1.82) is 0 Å². The van der Waals surface area contributed by atoms with Gasteiger partial charge in [-0.05, 0) is 18.4 Å². The zero-order valence-electron chi connectivity index (χ0n) is 13.4. The first-order valence-corrected chi connectivity index (χ1v) is 7.99. The number of hydrogen-bond acceptors (Lipinski definition) is 4. The summed E-state index contributed by atoms with van der Waals surface area (Å²) >= 11 is 0. The van der Waals surface area contributed by atoms with Crippen molar-refractivity contribution >= 4 is 11.7 Å². The Balaban J connectivity index is 1.48. The summed E-state index contributed by atoms with van der Waals surface area (Å²) in [7, 11) is 1.83. The van der Waals surface area contributed by atoms with Crippen LogP contribution in [0.4, 0.5) is 5.82 Å². The van der Waals surface area contributed by atoms with Crippen molar-refractivity contribution in [2.24, 2.45) is 7.05 Å². The van der Waals surface area contributed by atoms with E-state index in [-0.39, 0.29) is 12.3 Å². The van der Waals surface area contributed by atoms with E-state index >= 15 is 0 Å². The van der Waals surface area contributed by atoms with Crippen LogP contribution in [0, 0.1) is 0 Å². The Morgan fingerprint density at radius 2 is 2.12 bits per heavy atom. The van der Waals surface area contributed by atoms with Gasteiger partial charge >= 0.3 is 0 Å². The smallest absolute Gasteiger partial charge is 0.233 e. The Hall–Kier alpha value is -2.96. The van der Waals surface area contributed by atoms with Gasteiger partial charge in [-0.1, -0.05) is 30.3 Å². The number of H-pyrrole nitrogens is 1. The van der Waals surface area contributed by atoms with Crippen molar-refractivity contribution in [2.45, 2.75) is 25.2 Å². The summed E-state index contributed by atoms with van der Waals surface area (Å²) in [5, 5.41) is 14.2. The summed E-state index contributed by atoms with van der Waals surface area (Å²) in [6.07, 6.45) is 4.18. The molecule has 1 fully saturated rings. The first kappa shape index (κ1) is 14.6. The molecule has 4 rings (SSSR count). The number of hydrogen-bond donors (Lipinski definition) is 2. The summed E-state index contributed by atoms with van der Waals surface area (Å²) in [5.41, 5.74) is 1.86. The third kappa shape index (κ3) is 2.92. The predicted octanol–water partition coefficient (Wildman–Crippen LogP) is 2.26. The fourth-order valence-electron chi connectivity index (χ4n) is 2.65. The first-order valence-electron chi connectivity index (χ1n) is 7.99. The van der Waals surface area contributed by atoms with E-state index in [0.717, 1.165) is 29.8 Å². The van der Waals surface area contributed by atoms with Crippen LogP contribution in [0.5, 0.6) is 0 Å². The van der Waals surface area contributed by atoms with E-state index in [9.17, 15) is 4.79 Å². The molecule has 7 heteroatoms. The van der Waals surface area contributed by atoms with Crippen LogP contribution < -0.4 is 5.32 Å². The average Bonchev–Trinajstić information content (AvgIpc) is 3.24. The number of carbonyl (C=O) groups excluding carboxylic acids is 1. The Morgan fingerprint density at radius 3 is 2.88 bits per heavy atom. The standard InChI is InChI=1S/C17H18N6O/c1-23-14(19-16(22-23)12-7-8-12)9-15(24)20-17-13(10-18-21-17)11-5-3-2-4-6-11/h2-6,10,12H,7-9H2,1H3,(H2,18,20,21,24). The van der Waals surface area contributed by atoms with Gasteiger partial charge in [0.1, 0.15) is 11.6 Å². The van der Waals surface area contributed by atoms with Gasteiger partial charge in [-0.2, -0.15) is 10.2 Å². The summed E-state index contributed by atoms with van der Waals surface area (Å²) in [5.74, 6) is 2.46. The van der Waals surface area contributed by atoms with Gasteiger partial charge in [0, 0.05) is 18.5 Å². The zero-order chi connectivity index (χ0) is 16.5. The van der Waals surface area contributed by atoms with Crippen molar-refractivity contribution in [2.75, 3.05) is 5.32 Å². The molecule has 0 aliphatic heterocycles. The molecule has 1 aliphatic rings. The fourth-order valence-corrected chi connectivity index (χ4v) is 2.65. The van der Waals surface area contributed by atoms with E-state index in [0.29, 0.717) is 17.6 Å². The molecule has 0 unspecified atom stereocenters. The fraction of sp³-hybridized carbons (Fsp3) is 0.294. The molecule has 0 saturated heterocycles. The number of aromatic nitrogens is 5. The average molecular weight is 322 g/mol. The number of benzene rings is 1. The normalized spacial score (nSPS) is 13.9. The zero-order valence-corrected chi connectivity index (χ0v) is 13.4. The minimum absolute atomic E-state index is 0.144. The minimum Gasteiger partial charge on any atom is -0.310 e. The molecular formula is C17H18N6O. The molecule has 0 spiro atoms. The number of amides is 1. The second-order valence-electron chi connectivity index (χ2n) is 6.03. The maximum atomic E-state index is 12.4. The molecule has 1 saturated carbocycles. The van der Waals surface area contributed by atoms with E-state index in [1.165, 1.54) is 0 Å². The maximum absolute atomic E-state index is 12.4. The van der Waals surface area contributed by atoms with Crippen molar-refractivity contribution in [1.82, 2.24) is 25.0 Å². The van der Waals surface area contributed by atoms with Crippen molar-refractivity contribution in [3.8, 4) is 11.1 Å². The number of nitrogens with one attached hydrogen (secondary N) is 2. The van der Waals surface area contributed by atoms with Crippen LogP contribution in [0.25, 0.3) is 11.1 Å². The molecule has 2 N–H and O–H groups in total. The third-order valence-corrected chi connectivity index (χ3v) is 4.12. The number of rotatable bonds is 5. The lowest BCUT2D eigenvalue weighted by atomic mass is 10.1. The second kappa shape index (κ2) is 5.92. The molecule has 7 nitrogen and oxygen atoms in total. The second-order valence-corrected chi connectivity index (χ2v) is 6.03. The molecule has 1 aromatic carbocycles. The van der Waals surface area contributed by atoms with Gasteiger partial charge in [0.25, 0.3) is 0 Å². The molecule has 1 amide bonds. The lowest BCUT2D eigenvalue weighted by molar-refractivity contribution is -0.115.